The molecule has 0 fully saturated rings. The fraction of sp³-hybridized carbons (Fsp3) is 0.238. The van der Waals surface area contributed by atoms with Gasteiger partial charge in [-0.2, -0.15) is 0 Å². The molecule has 166 valence electrons. The van der Waals surface area contributed by atoms with Gasteiger partial charge < -0.3 is 20.6 Å². The second kappa shape index (κ2) is 9.25. The first-order valence-corrected chi connectivity index (χ1v) is 9.69. The van der Waals surface area contributed by atoms with Crippen LogP contribution >= 0.6 is 0 Å². The monoisotopic (exact) mass is 439 g/mol. The van der Waals surface area contributed by atoms with E-state index in [0.29, 0.717) is 5.69 Å². The topological polar surface area (TPSA) is 152 Å². The van der Waals surface area contributed by atoms with Gasteiger partial charge in [0.1, 0.15) is 17.1 Å². The van der Waals surface area contributed by atoms with E-state index in [2.05, 4.69) is 4.98 Å². The molecule has 2 aromatic heterocycles. The number of nitrogens with two attached hydrogens (primary N) is 1. The zero-order valence-electron chi connectivity index (χ0n) is 17.5. The second-order valence-electron chi connectivity index (χ2n) is 6.91. The number of ether oxygens (including phenoxy) is 1. The third-order valence-corrected chi connectivity index (χ3v) is 4.76. The lowest BCUT2D eigenvalue weighted by Gasteiger charge is -2.16. The van der Waals surface area contributed by atoms with Crippen molar-refractivity contribution in [1.82, 2.24) is 14.1 Å². The van der Waals surface area contributed by atoms with Crippen LogP contribution < -0.4 is 21.7 Å². The molecule has 0 bridgehead atoms. The van der Waals surface area contributed by atoms with Crippen molar-refractivity contribution in [2.24, 2.45) is 0 Å². The molecule has 0 unspecified atom stereocenters. The predicted octanol–water partition coefficient (Wildman–Crippen LogP) is 1.53. The number of aryl methyl sites for hydroxylation is 1. The second-order valence-corrected chi connectivity index (χ2v) is 6.91. The minimum Gasteiger partial charge on any atom is -0.477 e. The maximum Gasteiger partial charge on any atom is 0.406 e. The van der Waals surface area contributed by atoms with E-state index in [1.807, 2.05) is 6.07 Å². The number of nitro groups is 1. The Morgan fingerprint density at radius 3 is 2.47 bits per heavy atom. The van der Waals surface area contributed by atoms with E-state index in [-0.39, 0.29) is 24.7 Å². The fourth-order valence-corrected chi connectivity index (χ4v) is 3.16. The first-order valence-electron chi connectivity index (χ1n) is 9.69. The van der Waals surface area contributed by atoms with Gasteiger partial charge in [-0.1, -0.05) is 30.3 Å². The number of nitrogen functional groups attached to an aromatic ring is 1. The number of Topliss-reactive ketones (excluding diaryl/α,β-unsaturated/α-hetero) is 1. The molecule has 32 heavy (non-hydrogen) atoms. The number of hydrogen-bond donors (Lipinski definition) is 1. The average Bonchev–Trinajstić information content (AvgIpc) is 2.76. The van der Waals surface area contributed by atoms with Crippen molar-refractivity contribution in [2.45, 2.75) is 26.9 Å². The third-order valence-electron chi connectivity index (χ3n) is 4.76. The van der Waals surface area contributed by atoms with E-state index in [9.17, 15) is 24.5 Å². The quantitative estimate of drug-likeness (QED) is 0.315. The number of benzene rings is 1. The van der Waals surface area contributed by atoms with Crippen molar-refractivity contribution < 1.29 is 14.5 Å². The number of carbonyl (C=O) groups excluding carboxylic acids is 1. The summed E-state index contributed by atoms with van der Waals surface area (Å²) >= 11 is 0. The Labute approximate surface area is 181 Å². The molecule has 0 atom stereocenters. The summed E-state index contributed by atoms with van der Waals surface area (Å²) in [5.74, 6) is -1.88. The summed E-state index contributed by atoms with van der Waals surface area (Å²) in [7, 11) is 0. The highest BCUT2D eigenvalue weighted by Gasteiger charge is 2.24. The highest BCUT2D eigenvalue weighted by Crippen LogP contribution is 2.24. The zero-order valence-corrected chi connectivity index (χ0v) is 17.5. The molecule has 0 saturated heterocycles. The summed E-state index contributed by atoms with van der Waals surface area (Å²) < 4.78 is 7.34. The standard InChI is InChI=1S/C21H21N5O6/c1-3-24-20(28)17(18(22)25(21(24)29)11-14-7-5-4-6-8-14)15(27)12-32-16-10-9-13(2)23-19(16)26(30)31/h4-10H,3,11-12,22H2,1-2H3. The third kappa shape index (κ3) is 4.41. The highest BCUT2D eigenvalue weighted by molar-refractivity contribution is 6.00. The van der Waals surface area contributed by atoms with Gasteiger partial charge in [0.2, 0.25) is 11.5 Å². The van der Waals surface area contributed by atoms with Crippen LogP contribution in [0.3, 0.4) is 0 Å². The Morgan fingerprint density at radius 2 is 1.84 bits per heavy atom. The Bertz CT molecular complexity index is 1300. The van der Waals surface area contributed by atoms with Gasteiger partial charge in [-0.25, -0.2) is 4.79 Å². The number of anilines is 1. The minimum absolute atomic E-state index is 0.0290. The van der Waals surface area contributed by atoms with Crippen LogP contribution in [0.4, 0.5) is 11.6 Å². The molecule has 0 saturated carbocycles. The molecule has 0 aliphatic rings. The largest absolute Gasteiger partial charge is 0.477 e. The van der Waals surface area contributed by atoms with E-state index in [1.54, 1.807) is 38.1 Å². The SMILES string of the molecule is CCn1c(=O)c(C(=O)COc2ccc(C)nc2[N+](=O)[O-])c(N)n(Cc2ccccc2)c1=O. The number of nitrogens with zero attached hydrogens (tertiary/aromatic N) is 4. The number of aromatic nitrogens is 3. The molecule has 0 aliphatic heterocycles. The van der Waals surface area contributed by atoms with E-state index in [4.69, 9.17) is 10.5 Å². The Balaban J connectivity index is 1.99. The van der Waals surface area contributed by atoms with Crippen LogP contribution in [-0.2, 0) is 13.1 Å². The molecule has 0 radical (unpaired) electrons. The van der Waals surface area contributed by atoms with Crippen LogP contribution in [0, 0.1) is 17.0 Å². The van der Waals surface area contributed by atoms with Crippen molar-refractivity contribution in [3.8, 4) is 5.75 Å². The molecule has 0 amide bonds. The Morgan fingerprint density at radius 1 is 1.16 bits per heavy atom. The van der Waals surface area contributed by atoms with Crippen LogP contribution in [0.25, 0.3) is 0 Å². The molecule has 2 heterocycles. The molecular weight excluding hydrogens is 418 g/mol. The number of hydrogen-bond acceptors (Lipinski definition) is 8. The molecule has 0 aliphatic carbocycles. The number of rotatable bonds is 8. The lowest BCUT2D eigenvalue weighted by atomic mass is 10.2. The minimum atomic E-state index is -0.843. The van der Waals surface area contributed by atoms with Gasteiger partial charge in [-0.05, 0) is 34.5 Å². The number of carbonyl (C=O) groups is 1. The summed E-state index contributed by atoms with van der Waals surface area (Å²) in [4.78, 5) is 52.7. The van der Waals surface area contributed by atoms with Crippen LogP contribution in [-0.4, -0.2) is 31.4 Å². The lowest BCUT2D eigenvalue weighted by molar-refractivity contribution is -0.390. The summed E-state index contributed by atoms with van der Waals surface area (Å²) in [6.07, 6.45) is 0. The van der Waals surface area contributed by atoms with E-state index < -0.39 is 39.9 Å². The van der Waals surface area contributed by atoms with Crippen molar-refractivity contribution >= 4 is 17.4 Å². The summed E-state index contributed by atoms with van der Waals surface area (Å²) in [6.45, 7) is 2.56. The number of pyridine rings is 1. The van der Waals surface area contributed by atoms with E-state index >= 15 is 0 Å². The molecule has 3 rings (SSSR count). The van der Waals surface area contributed by atoms with Crippen molar-refractivity contribution in [3.05, 3.63) is 90.2 Å². The zero-order chi connectivity index (χ0) is 23.4. The molecule has 2 N–H and O–H groups in total. The normalized spacial score (nSPS) is 10.7. The van der Waals surface area contributed by atoms with Gasteiger partial charge in [0, 0.05) is 13.5 Å². The maximum absolute atomic E-state index is 12.9. The molecule has 11 heteroatoms. The van der Waals surface area contributed by atoms with Gasteiger partial charge >= 0.3 is 11.5 Å². The van der Waals surface area contributed by atoms with Gasteiger partial charge in [-0.15, -0.1) is 0 Å². The molecule has 0 spiro atoms. The van der Waals surface area contributed by atoms with Crippen molar-refractivity contribution in [1.29, 1.82) is 0 Å². The Kier molecular flexibility index (Phi) is 6.47. The van der Waals surface area contributed by atoms with E-state index in [0.717, 1.165) is 14.7 Å². The predicted molar refractivity (Wildman–Crippen MR) is 116 cm³/mol. The summed E-state index contributed by atoms with van der Waals surface area (Å²) in [6, 6.07) is 11.8. The average molecular weight is 439 g/mol. The fourth-order valence-electron chi connectivity index (χ4n) is 3.16. The lowest BCUT2D eigenvalue weighted by Crippen LogP contribution is -2.44. The van der Waals surface area contributed by atoms with Gasteiger partial charge in [0.25, 0.3) is 5.56 Å². The first-order chi connectivity index (χ1) is 15.2. The van der Waals surface area contributed by atoms with Gasteiger partial charge in [0.15, 0.2) is 6.61 Å². The smallest absolute Gasteiger partial charge is 0.406 e. The maximum atomic E-state index is 12.9. The highest BCUT2D eigenvalue weighted by atomic mass is 16.6. The van der Waals surface area contributed by atoms with Crippen LogP contribution in [0.2, 0.25) is 0 Å². The van der Waals surface area contributed by atoms with Crippen molar-refractivity contribution in [2.75, 3.05) is 12.3 Å². The van der Waals surface area contributed by atoms with Crippen LogP contribution in [0.5, 0.6) is 5.75 Å². The van der Waals surface area contributed by atoms with Crippen LogP contribution in [0.15, 0.2) is 52.1 Å². The molecule has 11 nitrogen and oxygen atoms in total. The molecule has 1 aromatic carbocycles. The first kappa shape index (κ1) is 22.4. The van der Waals surface area contributed by atoms with E-state index in [1.165, 1.54) is 12.1 Å². The molecular formula is C21H21N5O6. The van der Waals surface area contributed by atoms with Crippen LogP contribution in [0.1, 0.15) is 28.5 Å². The summed E-state index contributed by atoms with van der Waals surface area (Å²) in [5, 5.41) is 11.2. The van der Waals surface area contributed by atoms with Gasteiger partial charge in [0.05, 0.1) is 6.54 Å². The van der Waals surface area contributed by atoms with Gasteiger partial charge in [-0.3, -0.25) is 18.7 Å². The molecule has 3 aromatic rings. The Hall–Kier alpha value is -4.28. The number of ketones is 1. The van der Waals surface area contributed by atoms with Crippen molar-refractivity contribution in [3.63, 3.8) is 0 Å². The summed E-state index contributed by atoms with van der Waals surface area (Å²) in [5.41, 5.74) is 5.33.